The second kappa shape index (κ2) is 8.24. The first-order chi connectivity index (χ1) is 15.4. The van der Waals surface area contributed by atoms with Gasteiger partial charge in [0.1, 0.15) is 0 Å². The topological polar surface area (TPSA) is 77.0 Å². The molecule has 2 fully saturated rings. The van der Waals surface area contributed by atoms with Gasteiger partial charge in [-0.3, -0.25) is 4.79 Å². The number of aryl methyl sites for hydroxylation is 1. The summed E-state index contributed by atoms with van der Waals surface area (Å²) >= 11 is 2.26. The SMILES string of the molecule is NC(=O)c1ccc(I)c(-c2ccc3cnn(CCC(F)F)c3n2)c1N1CCC2(CC1)CC2. The molecule has 1 aromatic carbocycles. The summed E-state index contributed by atoms with van der Waals surface area (Å²) < 4.78 is 28.0. The predicted molar refractivity (Wildman–Crippen MR) is 128 cm³/mol. The number of primary amides is 1. The molecule has 3 aromatic rings. The summed E-state index contributed by atoms with van der Waals surface area (Å²) in [6.07, 6.45) is 3.78. The molecule has 0 atom stereocenters. The van der Waals surface area contributed by atoms with Crippen molar-refractivity contribution >= 4 is 45.2 Å². The lowest BCUT2D eigenvalue weighted by atomic mass is 9.92. The number of hydrogen-bond acceptors (Lipinski definition) is 4. The van der Waals surface area contributed by atoms with Crippen molar-refractivity contribution < 1.29 is 13.6 Å². The Balaban J connectivity index is 1.60. The molecule has 0 unspecified atom stereocenters. The van der Waals surface area contributed by atoms with Gasteiger partial charge in [0.2, 0.25) is 6.43 Å². The Morgan fingerprint density at radius 3 is 2.56 bits per heavy atom. The number of aromatic nitrogens is 3. The molecule has 2 aliphatic rings. The van der Waals surface area contributed by atoms with Gasteiger partial charge in [-0.1, -0.05) is 0 Å². The monoisotopic (exact) mass is 551 g/mol. The minimum absolute atomic E-state index is 0.0943. The van der Waals surface area contributed by atoms with Crippen LogP contribution in [0.15, 0.2) is 30.5 Å². The molecule has 1 amide bonds. The molecule has 5 rings (SSSR count). The van der Waals surface area contributed by atoms with Gasteiger partial charge in [0.15, 0.2) is 5.65 Å². The molecular weight excluding hydrogens is 527 g/mol. The summed E-state index contributed by atoms with van der Waals surface area (Å²) in [4.78, 5) is 19.4. The van der Waals surface area contributed by atoms with Crippen LogP contribution in [0.3, 0.4) is 0 Å². The van der Waals surface area contributed by atoms with Crippen molar-refractivity contribution in [2.45, 2.75) is 45.1 Å². The third-order valence-corrected chi connectivity index (χ3v) is 7.69. The number of amides is 1. The maximum atomic E-state index is 12.8. The fourth-order valence-electron chi connectivity index (χ4n) is 4.69. The normalized spacial score (nSPS) is 17.4. The second-order valence-corrected chi connectivity index (χ2v) is 9.99. The Labute approximate surface area is 198 Å². The van der Waals surface area contributed by atoms with Crippen LogP contribution in [0.1, 0.15) is 42.5 Å². The highest BCUT2D eigenvalue weighted by molar-refractivity contribution is 14.1. The van der Waals surface area contributed by atoms with E-state index in [1.165, 1.54) is 17.5 Å². The van der Waals surface area contributed by atoms with Crippen LogP contribution in [-0.2, 0) is 6.54 Å². The van der Waals surface area contributed by atoms with E-state index < -0.39 is 12.3 Å². The van der Waals surface area contributed by atoms with Gasteiger partial charge in [-0.05, 0) is 78.0 Å². The summed E-state index contributed by atoms with van der Waals surface area (Å²) in [6, 6.07) is 7.47. The van der Waals surface area contributed by atoms with Crippen LogP contribution in [0.2, 0.25) is 0 Å². The lowest BCUT2D eigenvalue weighted by Crippen LogP contribution is -2.36. The number of piperidine rings is 1. The molecule has 0 bridgehead atoms. The van der Waals surface area contributed by atoms with E-state index in [1.807, 2.05) is 18.2 Å². The molecule has 1 saturated carbocycles. The van der Waals surface area contributed by atoms with Gasteiger partial charge in [0.05, 0.1) is 23.1 Å². The van der Waals surface area contributed by atoms with Crippen LogP contribution in [0, 0.1) is 8.99 Å². The van der Waals surface area contributed by atoms with E-state index in [9.17, 15) is 13.6 Å². The summed E-state index contributed by atoms with van der Waals surface area (Å²) in [7, 11) is 0. The summed E-state index contributed by atoms with van der Waals surface area (Å²) in [5.74, 6) is -0.465. The Morgan fingerprint density at radius 1 is 1.16 bits per heavy atom. The number of alkyl halides is 2. The number of rotatable bonds is 6. The molecule has 1 spiro atoms. The largest absolute Gasteiger partial charge is 0.370 e. The van der Waals surface area contributed by atoms with Crippen molar-refractivity contribution in [2.75, 3.05) is 18.0 Å². The van der Waals surface area contributed by atoms with Gasteiger partial charge < -0.3 is 10.6 Å². The molecule has 32 heavy (non-hydrogen) atoms. The Hall–Kier alpha value is -2.30. The number of halogens is 3. The van der Waals surface area contributed by atoms with Gasteiger partial charge >= 0.3 is 0 Å². The third kappa shape index (κ3) is 3.95. The number of nitrogens with zero attached hydrogens (tertiary/aromatic N) is 4. The van der Waals surface area contributed by atoms with Crippen LogP contribution >= 0.6 is 22.6 Å². The van der Waals surface area contributed by atoms with Crippen LogP contribution in [0.5, 0.6) is 0 Å². The highest BCUT2D eigenvalue weighted by Crippen LogP contribution is 2.54. The number of benzene rings is 1. The summed E-state index contributed by atoms with van der Waals surface area (Å²) in [6.45, 7) is 1.85. The highest BCUT2D eigenvalue weighted by Gasteiger charge is 2.45. The predicted octanol–water partition coefficient (Wildman–Crippen LogP) is 4.84. The zero-order valence-electron chi connectivity index (χ0n) is 17.5. The Morgan fingerprint density at radius 2 is 1.91 bits per heavy atom. The van der Waals surface area contributed by atoms with E-state index in [0.29, 0.717) is 22.3 Å². The maximum absolute atomic E-state index is 12.8. The van der Waals surface area contributed by atoms with Gasteiger partial charge in [-0.2, -0.15) is 5.10 Å². The van der Waals surface area contributed by atoms with E-state index in [-0.39, 0.29) is 13.0 Å². The molecule has 168 valence electrons. The zero-order valence-corrected chi connectivity index (χ0v) is 19.7. The van der Waals surface area contributed by atoms with Crippen molar-refractivity contribution in [2.24, 2.45) is 11.1 Å². The minimum atomic E-state index is -2.40. The number of fused-ring (bicyclic) bond motifs is 1. The zero-order chi connectivity index (χ0) is 22.5. The molecule has 1 saturated heterocycles. The van der Waals surface area contributed by atoms with E-state index >= 15 is 0 Å². The van der Waals surface area contributed by atoms with E-state index in [2.05, 4.69) is 32.6 Å². The third-order valence-electron chi connectivity index (χ3n) is 6.79. The van der Waals surface area contributed by atoms with Gasteiger partial charge in [-0.15, -0.1) is 0 Å². The first-order valence-corrected chi connectivity index (χ1v) is 11.9. The Kier molecular flexibility index (Phi) is 5.55. The van der Waals surface area contributed by atoms with Crippen molar-refractivity contribution in [3.05, 3.63) is 39.6 Å². The number of nitrogens with two attached hydrogens (primary N) is 1. The Bertz CT molecular complexity index is 1180. The molecule has 9 heteroatoms. The molecule has 2 aromatic heterocycles. The molecule has 3 heterocycles. The first kappa shape index (κ1) is 21.5. The number of anilines is 1. The van der Waals surface area contributed by atoms with Gasteiger partial charge in [0, 0.05) is 40.6 Å². The number of pyridine rings is 1. The van der Waals surface area contributed by atoms with Crippen LogP contribution in [0.25, 0.3) is 22.3 Å². The molecule has 6 nitrogen and oxygen atoms in total. The molecule has 0 radical (unpaired) electrons. The van der Waals surface area contributed by atoms with Crippen molar-refractivity contribution in [1.29, 1.82) is 0 Å². The average molecular weight is 551 g/mol. The van der Waals surface area contributed by atoms with Gasteiger partial charge in [-0.25, -0.2) is 18.4 Å². The molecule has 2 N–H and O–H groups in total. The van der Waals surface area contributed by atoms with Crippen molar-refractivity contribution in [3.63, 3.8) is 0 Å². The van der Waals surface area contributed by atoms with Gasteiger partial charge in [0.25, 0.3) is 5.91 Å². The highest BCUT2D eigenvalue weighted by atomic mass is 127. The number of carbonyl (C=O) groups excluding carboxylic acids is 1. The molecule has 1 aliphatic carbocycles. The smallest absolute Gasteiger partial charge is 0.250 e. The maximum Gasteiger partial charge on any atom is 0.250 e. The fourth-order valence-corrected chi connectivity index (χ4v) is 5.41. The van der Waals surface area contributed by atoms with Crippen LogP contribution < -0.4 is 10.6 Å². The lowest BCUT2D eigenvalue weighted by molar-refractivity contribution is 0.100. The standard InChI is InChI=1S/C23H24F2IN5O/c24-18(25)5-10-31-22-14(13-28-31)1-4-17(29-22)19-16(26)3-2-15(21(27)32)20(19)30-11-8-23(6-7-23)9-12-30/h1-4,13,18H,5-12H2,(H2,27,32). The molecular formula is C23H24F2IN5O. The van der Waals surface area contributed by atoms with Crippen molar-refractivity contribution in [3.8, 4) is 11.3 Å². The average Bonchev–Trinajstić information content (AvgIpc) is 3.40. The number of carbonyl (C=O) groups is 1. The second-order valence-electron chi connectivity index (χ2n) is 8.83. The summed E-state index contributed by atoms with van der Waals surface area (Å²) in [5, 5.41) is 5.03. The number of hydrogen-bond donors (Lipinski definition) is 1. The molecule has 1 aliphatic heterocycles. The lowest BCUT2D eigenvalue weighted by Gasteiger charge is -2.36. The minimum Gasteiger partial charge on any atom is -0.370 e. The summed E-state index contributed by atoms with van der Waals surface area (Å²) in [5.41, 5.74) is 9.69. The van der Waals surface area contributed by atoms with E-state index in [1.54, 1.807) is 12.3 Å². The fraction of sp³-hybridized carbons (Fsp3) is 0.435. The van der Waals surface area contributed by atoms with E-state index in [0.717, 1.165) is 46.1 Å². The van der Waals surface area contributed by atoms with Crippen LogP contribution in [0.4, 0.5) is 14.5 Å². The quantitative estimate of drug-likeness (QED) is 0.445. The van der Waals surface area contributed by atoms with E-state index in [4.69, 9.17) is 10.7 Å². The van der Waals surface area contributed by atoms with Crippen LogP contribution in [-0.4, -0.2) is 40.2 Å². The first-order valence-electron chi connectivity index (χ1n) is 10.9. The van der Waals surface area contributed by atoms with Crippen molar-refractivity contribution in [1.82, 2.24) is 14.8 Å².